The van der Waals surface area contributed by atoms with Crippen LogP contribution in [-0.4, -0.2) is 0 Å². The number of hydrogen-bond acceptors (Lipinski definition) is 1. The molecule has 4 heteroatoms. The fraction of sp³-hybridized carbons (Fsp3) is 0.552. The second kappa shape index (κ2) is 10.8. The Morgan fingerprint density at radius 1 is 0.909 bits per heavy atom. The summed E-state index contributed by atoms with van der Waals surface area (Å²) in [4.78, 5) is 0. The van der Waals surface area contributed by atoms with Crippen molar-refractivity contribution in [1.82, 2.24) is 0 Å². The molecule has 0 bridgehead atoms. The molecule has 0 aliphatic heterocycles. The van der Waals surface area contributed by atoms with E-state index in [2.05, 4.69) is 13.0 Å². The summed E-state index contributed by atoms with van der Waals surface area (Å²) in [6, 6.07) is 8.54. The highest BCUT2D eigenvalue weighted by molar-refractivity contribution is 5.44. The third-order valence-corrected chi connectivity index (χ3v) is 7.98. The molecule has 0 amide bonds. The van der Waals surface area contributed by atoms with Gasteiger partial charge in [-0.3, -0.25) is 0 Å². The first-order valence-corrected chi connectivity index (χ1v) is 12.7. The topological polar surface area (TPSA) is 23.8 Å². The van der Waals surface area contributed by atoms with Gasteiger partial charge in [0.1, 0.15) is 29.1 Å². The number of halogens is 3. The van der Waals surface area contributed by atoms with E-state index in [1.807, 2.05) is 6.07 Å². The lowest BCUT2D eigenvalue weighted by Crippen LogP contribution is -2.17. The lowest BCUT2D eigenvalue weighted by molar-refractivity contribution is 0.301. The number of hydrogen-bond donors (Lipinski definition) is 0. The van der Waals surface area contributed by atoms with Crippen LogP contribution in [0.1, 0.15) is 111 Å². The lowest BCUT2D eigenvalue weighted by Gasteiger charge is -2.30. The molecule has 2 aromatic rings. The van der Waals surface area contributed by atoms with Gasteiger partial charge in [-0.2, -0.15) is 5.26 Å². The number of nitrogens with zero attached hydrogens (tertiary/aromatic N) is 1. The Kier molecular flexibility index (Phi) is 7.78. The maximum absolute atomic E-state index is 15.2. The van der Waals surface area contributed by atoms with Crippen molar-refractivity contribution in [2.45, 2.75) is 95.8 Å². The Morgan fingerprint density at radius 2 is 1.70 bits per heavy atom. The van der Waals surface area contributed by atoms with Crippen LogP contribution in [0.4, 0.5) is 13.2 Å². The first kappa shape index (κ1) is 23.9. The van der Waals surface area contributed by atoms with Gasteiger partial charge >= 0.3 is 0 Å². The van der Waals surface area contributed by atoms with Crippen molar-refractivity contribution in [2.75, 3.05) is 0 Å². The van der Waals surface area contributed by atoms with E-state index in [9.17, 15) is 8.78 Å². The second-order valence-electron chi connectivity index (χ2n) is 10.1. The molecule has 33 heavy (non-hydrogen) atoms. The van der Waals surface area contributed by atoms with Crippen molar-refractivity contribution in [2.24, 2.45) is 5.92 Å². The number of benzene rings is 2. The molecule has 0 saturated heterocycles. The molecule has 0 radical (unpaired) electrons. The Morgan fingerprint density at radius 3 is 2.39 bits per heavy atom. The van der Waals surface area contributed by atoms with Crippen molar-refractivity contribution in [3.05, 3.63) is 69.5 Å². The molecule has 1 saturated carbocycles. The highest BCUT2D eigenvalue weighted by Gasteiger charge is 2.28. The van der Waals surface area contributed by atoms with Crippen LogP contribution >= 0.6 is 0 Å². The summed E-state index contributed by atoms with van der Waals surface area (Å²) in [5.74, 6) is -0.615. The van der Waals surface area contributed by atoms with Gasteiger partial charge in [0, 0.05) is 0 Å². The van der Waals surface area contributed by atoms with Gasteiger partial charge < -0.3 is 0 Å². The van der Waals surface area contributed by atoms with E-state index in [0.717, 1.165) is 24.3 Å². The highest BCUT2D eigenvalue weighted by Crippen LogP contribution is 2.40. The van der Waals surface area contributed by atoms with Gasteiger partial charge in [0.15, 0.2) is 0 Å². The third-order valence-electron chi connectivity index (χ3n) is 7.98. The van der Waals surface area contributed by atoms with E-state index in [1.54, 1.807) is 12.1 Å². The summed E-state index contributed by atoms with van der Waals surface area (Å²) in [6.07, 6.45) is 12.7. The van der Waals surface area contributed by atoms with Crippen molar-refractivity contribution < 1.29 is 13.2 Å². The fourth-order valence-electron chi connectivity index (χ4n) is 5.99. The third kappa shape index (κ3) is 5.29. The monoisotopic (exact) mass is 453 g/mol. The molecule has 176 valence electrons. The molecule has 1 nitrogen and oxygen atoms in total. The number of nitriles is 1. The Hall–Kier alpha value is -2.28. The van der Waals surface area contributed by atoms with Crippen molar-refractivity contribution >= 4 is 0 Å². The SMILES string of the molecule is CCCCCCC1CCC(c2ccc(C3CCc4c(cc(F)c(C#N)c4F)C3)c(F)c2)CC1. The molecule has 2 aliphatic rings. The first-order chi connectivity index (χ1) is 16.0. The summed E-state index contributed by atoms with van der Waals surface area (Å²) < 4.78 is 43.7. The largest absolute Gasteiger partial charge is 0.207 e. The maximum atomic E-state index is 15.2. The molecular weight excluding hydrogens is 419 g/mol. The van der Waals surface area contributed by atoms with E-state index in [-0.39, 0.29) is 11.7 Å². The van der Waals surface area contributed by atoms with Crippen LogP contribution in [-0.2, 0) is 12.8 Å². The molecule has 0 N–H and O–H groups in total. The zero-order valence-corrected chi connectivity index (χ0v) is 19.6. The molecule has 0 aromatic heterocycles. The molecular formula is C29H34F3N. The van der Waals surface area contributed by atoms with Gasteiger partial charge in [-0.15, -0.1) is 0 Å². The summed E-state index contributed by atoms with van der Waals surface area (Å²) in [6.45, 7) is 2.24. The fourth-order valence-corrected chi connectivity index (χ4v) is 5.99. The zero-order chi connectivity index (χ0) is 23.4. The van der Waals surface area contributed by atoms with E-state index >= 15 is 4.39 Å². The summed E-state index contributed by atoms with van der Waals surface area (Å²) in [5.41, 5.74) is 2.18. The molecule has 1 fully saturated rings. The smallest absolute Gasteiger partial charge is 0.147 e. The number of fused-ring (bicyclic) bond motifs is 1. The van der Waals surface area contributed by atoms with E-state index in [1.165, 1.54) is 51.0 Å². The standard InChI is InChI=1S/C29H34F3N/c1-2-3-4-5-6-19-7-9-20(10-8-19)21-11-13-24(27(30)16-21)22-12-14-25-23(15-22)17-28(31)26(18-33)29(25)32/h11,13,16-17,19-20,22H,2-10,12,14-15H2,1H3. The highest BCUT2D eigenvalue weighted by atomic mass is 19.1. The minimum Gasteiger partial charge on any atom is -0.207 e. The van der Waals surface area contributed by atoms with Gasteiger partial charge in [-0.05, 0) is 97.1 Å². The van der Waals surface area contributed by atoms with E-state index in [4.69, 9.17) is 5.26 Å². The van der Waals surface area contributed by atoms with Crippen LogP contribution in [0.5, 0.6) is 0 Å². The predicted molar refractivity (Wildman–Crippen MR) is 126 cm³/mol. The molecule has 4 rings (SSSR count). The average Bonchev–Trinajstić information content (AvgIpc) is 2.82. The lowest BCUT2D eigenvalue weighted by atomic mass is 9.75. The summed E-state index contributed by atoms with van der Waals surface area (Å²) in [5, 5.41) is 8.99. The Balaban J connectivity index is 1.40. The van der Waals surface area contributed by atoms with Crippen LogP contribution in [0.25, 0.3) is 0 Å². The zero-order valence-electron chi connectivity index (χ0n) is 19.6. The van der Waals surface area contributed by atoms with Crippen LogP contribution in [0.15, 0.2) is 24.3 Å². The van der Waals surface area contributed by atoms with Crippen molar-refractivity contribution in [3.63, 3.8) is 0 Å². The second-order valence-corrected chi connectivity index (χ2v) is 10.1. The van der Waals surface area contributed by atoms with Crippen LogP contribution in [0.2, 0.25) is 0 Å². The van der Waals surface area contributed by atoms with Crippen molar-refractivity contribution in [3.8, 4) is 6.07 Å². The summed E-state index contributed by atoms with van der Waals surface area (Å²) in [7, 11) is 0. The maximum Gasteiger partial charge on any atom is 0.147 e. The molecule has 2 aromatic carbocycles. The number of rotatable bonds is 7. The average molecular weight is 454 g/mol. The van der Waals surface area contributed by atoms with Crippen LogP contribution in [0.3, 0.4) is 0 Å². The van der Waals surface area contributed by atoms with Crippen LogP contribution < -0.4 is 0 Å². The van der Waals surface area contributed by atoms with Crippen LogP contribution in [0, 0.1) is 34.7 Å². The summed E-state index contributed by atoms with van der Waals surface area (Å²) >= 11 is 0. The Bertz CT molecular complexity index is 1010. The van der Waals surface area contributed by atoms with E-state index in [0.29, 0.717) is 41.9 Å². The minimum absolute atomic E-state index is 0.0999. The van der Waals surface area contributed by atoms with Gasteiger partial charge in [-0.1, -0.05) is 51.2 Å². The van der Waals surface area contributed by atoms with Gasteiger partial charge in [0.05, 0.1) is 0 Å². The molecule has 1 atom stereocenters. The molecule has 0 spiro atoms. The Labute approximate surface area is 196 Å². The van der Waals surface area contributed by atoms with E-state index < -0.39 is 17.2 Å². The normalized spacial score (nSPS) is 22.6. The van der Waals surface area contributed by atoms with Gasteiger partial charge in [0.2, 0.25) is 0 Å². The predicted octanol–water partition coefficient (Wildman–Crippen LogP) is 8.49. The molecule has 2 aliphatic carbocycles. The van der Waals surface area contributed by atoms with Gasteiger partial charge in [0.25, 0.3) is 0 Å². The first-order valence-electron chi connectivity index (χ1n) is 12.7. The van der Waals surface area contributed by atoms with Gasteiger partial charge in [-0.25, -0.2) is 13.2 Å². The quantitative estimate of drug-likeness (QED) is 0.386. The van der Waals surface area contributed by atoms with Crippen molar-refractivity contribution in [1.29, 1.82) is 5.26 Å². The molecule has 1 unspecified atom stereocenters. The number of unbranched alkanes of at least 4 members (excludes halogenated alkanes) is 3. The minimum atomic E-state index is -0.828. The molecule has 0 heterocycles.